The molecular formula is C16H15N3O2S. The van der Waals surface area contributed by atoms with Gasteiger partial charge >= 0.3 is 0 Å². The van der Waals surface area contributed by atoms with Crippen molar-refractivity contribution in [2.45, 2.75) is 12.5 Å². The zero-order valence-corrected chi connectivity index (χ0v) is 12.5. The number of thiocarbonyl (C=S) groups is 1. The van der Waals surface area contributed by atoms with Gasteiger partial charge in [0.2, 0.25) is 0 Å². The van der Waals surface area contributed by atoms with Gasteiger partial charge in [-0.2, -0.15) is 5.10 Å². The zero-order valence-electron chi connectivity index (χ0n) is 11.7. The minimum absolute atomic E-state index is 0.152. The van der Waals surface area contributed by atoms with E-state index in [1.807, 2.05) is 12.1 Å². The molecule has 0 radical (unpaired) electrons. The molecule has 0 bridgehead atoms. The number of hydrogen-bond acceptors (Lipinski definition) is 4. The van der Waals surface area contributed by atoms with Crippen LogP contribution in [0.15, 0.2) is 53.6 Å². The molecule has 0 saturated heterocycles. The van der Waals surface area contributed by atoms with Gasteiger partial charge in [0, 0.05) is 12.0 Å². The number of phenols is 2. The lowest BCUT2D eigenvalue weighted by Gasteiger charge is -2.21. The van der Waals surface area contributed by atoms with Crippen molar-refractivity contribution < 1.29 is 10.2 Å². The van der Waals surface area contributed by atoms with Crippen molar-refractivity contribution in [2.24, 2.45) is 10.8 Å². The van der Waals surface area contributed by atoms with Crippen molar-refractivity contribution in [1.29, 1.82) is 0 Å². The van der Waals surface area contributed by atoms with Crippen LogP contribution >= 0.6 is 12.2 Å². The van der Waals surface area contributed by atoms with Crippen molar-refractivity contribution in [2.75, 3.05) is 0 Å². The number of phenolic OH excluding ortho intramolecular Hbond substituents is 2. The summed E-state index contributed by atoms with van der Waals surface area (Å²) in [5.74, 6) is 0.345. The molecule has 2 aromatic rings. The summed E-state index contributed by atoms with van der Waals surface area (Å²) in [6, 6.07) is 13.7. The summed E-state index contributed by atoms with van der Waals surface area (Å²) >= 11 is 5.07. The van der Waals surface area contributed by atoms with Crippen molar-refractivity contribution in [3.8, 4) is 11.5 Å². The fourth-order valence-electron chi connectivity index (χ4n) is 2.59. The molecule has 0 amide bonds. The number of nitrogens with two attached hydrogens (primary N) is 1. The van der Waals surface area contributed by atoms with Gasteiger partial charge in [-0.15, -0.1) is 0 Å². The molecule has 5 nitrogen and oxygen atoms in total. The number of benzene rings is 2. The Morgan fingerprint density at radius 3 is 2.64 bits per heavy atom. The largest absolute Gasteiger partial charge is 0.508 e. The van der Waals surface area contributed by atoms with E-state index in [2.05, 4.69) is 5.10 Å². The van der Waals surface area contributed by atoms with Crippen molar-refractivity contribution in [1.82, 2.24) is 5.01 Å². The molecule has 1 heterocycles. The summed E-state index contributed by atoms with van der Waals surface area (Å²) in [6.07, 6.45) is 0.540. The first-order valence-corrected chi connectivity index (χ1v) is 7.20. The number of rotatable bonds is 2. The van der Waals surface area contributed by atoms with E-state index in [4.69, 9.17) is 18.0 Å². The Labute approximate surface area is 133 Å². The summed E-state index contributed by atoms with van der Waals surface area (Å²) in [5.41, 5.74) is 8.00. The molecule has 1 aliphatic heterocycles. The maximum Gasteiger partial charge on any atom is 0.187 e. The first-order chi connectivity index (χ1) is 10.6. The van der Waals surface area contributed by atoms with Gasteiger partial charge in [-0.25, -0.2) is 5.01 Å². The topological polar surface area (TPSA) is 82.1 Å². The molecule has 2 aromatic carbocycles. The van der Waals surface area contributed by atoms with Crippen LogP contribution in [0.4, 0.5) is 0 Å². The minimum Gasteiger partial charge on any atom is -0.508 e. The summed E-state index contributed by atoms with van der Waals surface area (Å²) in [5, 5.41) is 25.8. The van der Waals surface area contributed by atoms with Gasteiger partial charge in [0.1, 0.15) is 11.5 Å². The van der Waals surface area contributed by atoms with E-state index in [9.17, 15) is 10.2 Å². The lowest BCUT2D eigenvalue weighted by atomic mass is 9.98. The van der Waals surface area contributed by atoms with Crippen LogP contribution in [0.2, 0.25) is 0 Å². The van der Waals surface area contributed by atoms with Crippen LogP contribution in [0.25, 0.3) is 0 Å². The minimum atomic E-state index is -0.195. The van der Waals surface area contributed by atoms with E-state index in [1.165, 1.54) is 0 Å². The highest BCUT2D eigenvalue weighted by Crippen LogP contribution is 2.35. The number of hydrazone groups is 1. The van der Waals surface area contributed by atoms with Crippen molar-refractivity contribution in [3.63, 3.8) is 0 Å². The van der Waals surface area contributed by atoms with E-state index in [0.717, 1.165) is 5.56 Å². The van der Waals surface area contributed by atoms with E-state index in [-0.39, 0.29) is 22.7 Å². The van der Waals surface area contributed by atoms with Crippen LogP contribution in [-0.4, -0.2) is 26.0 Å². The molecule has 22 heavy (non-hydrogen) atoms. The van der Waals surface area contributed by atoms with Gasteiger partial charge in [-0.1, -0.05) is 24.3 Å². The summed E-state index contributed by atoms with van der Waals surface area (Å²) in [7, 11) is 0. The molecule has 0 saturated carbocycles. The molecule has 0 fully saturated rings. The molecule has 1 aliphatic rings. The summed E-state index contributed by atoms with van der Waals surface area (Å²) in [4.78, 5) is 0. The third-order valence-electron chi connectivity index (χ3n) is 3.61. The van der Waals surface area contributed by atoms with Gasteiger partial charge in [0.25, 0.3) is 0 Å². The lowest BCUT2D eigenvalue weighted by molar-refractivity contribution is 0.371. The molecular weight excluding hydrogens is 298 g/mol. The monoisotopic (exact) mass is 313 g/mol. The molecule has 112 valence electrons. The number of hydrogen-bond donors (Lipinski definition) is 3. The highest BCUT2D eigenvalue weighted by molar-refractivity contribution is 7.80. The SMILES string of the molecule is NC(=S)N1N=C(c2ccccc2O)CC1c1cccc(O)c1. The van der Waals surface area contributed by atoms with Gasteiger partial charge < -0.3 is 15.9 Å². The average Bonchev–Trinajstić information content (AvgIpc) is 2.93. The highest BCUT2D eigenvalue weighted by atomic mass is 32.1. The normalized spacial score (nSPS) is 17.4. The van der Waals surface area contributed by atoms with E-state index in [1.54, 1.807) is 41.4 Å². The first kappa shape index (κ1) is 14.3. The second-order valence-electron chi connectivity index (χ2n) is 5.06. The van der Waals surface area contributed by atoms with Crippen LogP contribution in [0.3, 0.4) is 0 Å². The van der Waals surface area contributed by atoms with Crippen LogP contribution in [0.5, 0.6) is 11.5 Å². The van der Waals surface area contributed by atoms with Gasteiger partial charge in [0.15, 0.2) is 5.11 Å². The van der Waals surface area contributed by atoms with Gasteiger partial charge in [-0.3, -0.25) is 0 Å². The van der Waals surface area contributed by atoms with Crippen LogP contribution in [0.1, 0.15) is 23.6 Å². The maximum atomic E-state index is 9.99. The maximum absolute atomic E-state index is 9.99. The molecule has 3 rings (SSSR count). The predicted octanol–water partition coefficient (Wildman–Crippen LogP) is 2.49. The molecule has 1 unspecified atom stereocenters. The Bertz CT molecular complexity index is 761. The number of aromatic hydroxyl groups is 2. The first-order valence-electron chi connectivity index (χ1n) is 6.79. The third-order valence-corrected chi connectivity index (χ3v) is 3.79. The Hall–Kier alpha value is -2.60. The van der Waals surface area contributed by atoms with Crippen LogP contribution < -0.4 is 5.73 Å². The molecule has 0 spiro atoms. The lowest BCUT2D eigenvalue weighted by Crippen LogP contribution is -2.31. The summed E-state index contributed by atoms with van der Waals surface area (Å²) in [6.45, 7) is 0. The second kappa shape index (κ2) is 5.65. The Morgan fingerprint density at radius 2 is 1.95 bits per heavy atom. The Balaban J connectivity index is 1.99. The predicted molar refractivity (Wildman–Crippen MR) is 88.7 cm³/mol. The van der Waals surface area contributed by atoms with Crippen LogP contribution in [-0.2, 0) is 0 Å². The fourth-order valence-corrected chi connectivity index (χ4v) is 2.75. The Kier molecular flexibility index (Phi) is 3.68. The molecule has 0 aliphatic carbocycles. The summed E-state index contributed by atoms with van der Waals surface area (Å²) < 4.78 is 0. The van der Waals surface area contributed by atoms with E-state index >= 15 is 0 Å². The van der Waals surface area contributed by atoms with Gasteiger partial charge in [-0.05, 0) is 42.0 Å². The number of nitrogens with zero attached hydrogens (tertiary/aromatic N) is 2. The molecule has 4 N–H and O–H groups in total. The molecule has 0 aromatic heterocycles. The van der Waals surface area contributed by atoms with Crippen molar-refractivity contribution >= 4 is 23.0 Å². The van der Waals surface area contributed by atoms with Gasteiger partial charge in [0.05, 0.1) is 11.8 Å². The highest BCUT2D eigenvalue weighted by Gasteiger charge is 2.31. The quantitative estimate of drug-likeness (QED) is 0.742. The number of para-hydroxylation sites is 1. The van der Waals surface area contributed by atoms with Crippen LogP contribution in [0, 0.1) is 0 Å². The second-order valence-corrected chi connectivity index (χ2v) is 5.48. The average molecular weight is 313 g/mol. The smallest absolute Gasteiger partial charge is 0.187 e. The molecule has 1 atom stereocenters. The van der Waals surface area contributed by atoms with E-state index < -0.39 is 0 Å². The van der Waals surface area contributed by atoms with E-state index in [0.29, 0.717) is 17.7 Å². The zero-order chi connectivity index (χ0) is 15.7. The van der Waals surface area contributed by atoms with Crippen molar-refractivity contribution in [3.05, 3.63) is 59.7 Å². The fraction of sp³-hybridized carbons (Fsp3) is 0.125. The molecule has 6 heteroatoms. The standard InChI is InChI=1S/C16H15N3O2S/c17-16(22)19-14(10-4-3-5-11(20)8-10)9-13(18-19)12-6-1-2-7-15(12)21/h1-8,14,20-21H,9H2,(H2,17,22). The third kappa shape index (κ3) is 2.60. The Morgan fingerprint density at radius 1 is 1.18 bits per heavy atom.